The summed E-state index contributed by atoms with van der Waals surface area (Å²) in [6, 6.07) is 9.56. The molecule has 168 valence electrons. The Hall–Kier alpha value is -3.44. The molecule has 1 amide bonds. The van der Waals surface area contributed by atoms with Crippen LogP contribution in [-0.2, 0) is 4.79 Å². The van der Waals surface area contributed by atoms with Crippen molar-refractivity contribution in [1.82, 2.24) is 9.55 Å². The van der Waals surface area contributed by atoms with Gasteiger partial charge in [-0.15, -0.1) is 11.3 Å². The minimum atomic E-state index is -0.824. The Morgan fingerprint density at radius 1 is 1.09 bits per heavy atom. The summed E-state index contributed by atoms with van der Waals surface area (Å²) in [5.41, 5.74) is 0.508. The first kappa shape index (κ1) is 21.4. The van der Waals surface area contributed by atoms with Gasteiger partial charge in [0.05, 0.1) is 17.0 Å². The number of carbonyl (C=O) groups excluding carboxylic acids is 1. The van der Waals surface area contributed by atoms with Gasteiger partial charge < -0.3 is 14.8 Å². The van der Waals surface area contributed by atoms with Crippen molar-refractivity contribution < 1.29 is 23.0 Å². The number of halogens is 2. The molecule has 11 heteroatoms. The summed E-state index contributed by atoms with van der Waals surface area (Å²) in [4.78, 5) is 30.1. The molecule has 4 aromatic rings. The first-order chi connectivity index (χ1) is 16.0. The maximum atomic E-state index is 13.8. The van der Waals surface area contributed by atoms with Gasteiger partial charge in [-0.05, 0) is 35.7 Å². The Bertz CT molecular complexity index is 1420. The zero-order valence-corrected chi connectivity index (χ0v) is 18.5. The lowest BCUT2D eigenvalue weighted by molar-refractivity contribution is -0.113. The molecule has 0 unspecified atom stereocenters. The molecule has 0 aliphatic carbocycles. The van der Waals surface area contributed by atoms with Crippen LogP contribution in [-0.4, -0.2) is 34.4 Å². The molecule has 3 heterocycles. The van der Waals surface area contributed by atoms with Gasteiger partial charge in [-0.1, -0.05) is 11.8 Å². The Balaban J connectivity index is 1.41. The molecule has 1 N–H and O–H groups in total. The van der Waals surface area contributed by atoms with Gasteiger partial charge in [0.15, 0.2) is 16.7 Å². The number of nitrogens with zero attached hydrogens (tertiary/aromatic N) is 2. The summed E-state index contributed by atoms with van der Waals surface area (Å²) in [7, 11) is 0. The standard InChI is InChI=1S/C22H15F2N3O4S2/c23-12-7-13(24)9-15(8-12)27-21(29)20-16(3-6-32-20)26-22(27)33-11-19(28)25-14-1-2-17-18(10-14)31-5-4-30-17/h1-3,6-10H,4-5,11H2,(H,25,28). The second kappa shape index (κ2) is 8.83. The number of carbonyl (C=O) groups is 1. The third kappa shape index (κ3) is 4.41. The fourth-order valence-electron chi connectivity index (χ4n) is 3.33. The normalized spacial score (nSPS) is 12.7. The summed E-state index contributed by atoms with van der Waals surface area (Å²) >= 11 is 2.17. The minimum Gasteiger partial charge on any atom is -0.486 e. The largest absolute Gasteiger partial charge is 0.486 e. The number of hydrogen-bond acceptors (Lipinski definition) is 7. The lowest BCUT2D eigenvalue weighted by atomic mass is 10.2. The maximum Gasteiger partial charge on any atom is 0.276 e. The Morgan fingerprint density at radius 2 is 1.85 bits per heavy atom. The van der Waals surface area contributed by atoms with Crippen LogP contribution in [0.3, 0.4) is 0 Å². The van der Waals surface area contributed by atoms with Crippen molar-refractivity contribution in [3.05, 3.63) is 69.8 Å². The molecule has 0 saturated carbocycles. The van der Waals surface area contributed by atoms with Gasteiger partial charge in [-0.2, -0.15) is 0 Å². The van der Waals surface area contributed by atoms with Gasteiger partial charge in [-0.25, -0.2) is 13.8 Å². The zero-order valence-electron chi connectivity index (χ0n) is 16.8. The average molecular weight is 488 g/mol. The molecule has 0 spiro atoms. The van der Waals surface area contributed by atoms with Crippen LogP contribution in [0.5, 0.6) is 11.5 Å². The van der Waals surface area contributed by atoms with Gasteiger partial charge in [0.2, 0.25) is 5.91 Å². The van der Waals surface area contributed by atoms with Crippen molar-refractivity contribution in [1.29, 1.82) is 0 Å². The summed E-state index contributed by atoms with van der Waals surface area (Å²) < 4.78 is 40.1. The number of fused-ring (bicyclic) bond motifs is 2. The minimum absolute atomic E-state index is 0.00459. The van der Waals surface area contributed by atoms with Crippen molar-refractivity contribution in [2.45, 2.75) is 5.16 Å². The van der Waals surface area contributed by atoms with E-state index >= 15 is 0 Å². The van der Waals surface area contributed by atoms with Crippen LogP contribution in [0.25, 0.3) is 15.9 Å². The molecule has 0 fully saturated rings. The number of hydrogen-bond donors (Lipinski definition) is 1. The first-order valence-electron chi connectivity index (χ1n) is 9.77. The number of amides is 1. The van der Waals surface area contributed by atoms with Gasteiger partial charge in [-0.3, -0.25) is 14.2 Å². The summed E-state index contributed by atoms with van der Waals surface area (Å²) in [5.74, 6) is -0.945. The monoisotopic (exact) mass is 487 g/mol. The molecule has 7 nitrogen and oxygen atoms in total. The molecule has 0 atom stereocenters. The predicted octanol–water partition coefficient (Wildman–Crippen LogP) is 4.23. The Labute approximate surface area is 194 Å². The number of anilines is 1. The van der Waals surface area contributed by atoms with E-state index in [0.717, 1.165) is 34.5 Å². The van der Waals surface area contributed by atoms with Crippen molar-refractivity contribution in [2.75, 3.05) is 24.3 Å². The summed E-state index contributed by atoms with van der Waals surface area (Å²) in [5, 5.41) is 4.61. The van der Waals surface area contributed by atoms with Crippen LogP contribution in [0.15, 0.2) is 57.8 Å². The van der Waals surface area contributed by atoms with E-state index in [-0.39, 0.29) is 22.5 Å². The number of nitrogens with one attached hydrogen (secondary N) is 1. The molecule has 1 aliphatic rings. The Morgan fingerprint density at radius 3 is 2.64 bits per heavy atom. The third-order valence-corrected chi connectivity index (χ3v) is 6.54. The first-order valence-corrected chi connectivity index (χ1v) is 11.6. The highest BCUT2D eigenvalue weighted by molar-refractivity contribution is 7.99. The van der Waals surface area contributed by atoms with Crippen molar-refractivity contribution in [3.8, 4) is 17.2 Å². The average Bonchev–Trinajstić information content (AvgIpc) is 3.26. The highest BCUT2D eigenvalue weighted by atomic mass is 32.2. The smallest absolute Gasteiger partial charge is 0.276 e. The lowest BCUT2D eigenvalue weighted by Crippen LogP contribution is -2.22. The molecular weight excluding hydrogens is 472 g/mol. The van der Waals surface area contributed by atoms with E-state index in [1.54, 1.807) is 29.6 Å². The number of thiophene rings is 1. The number of aromatic nitrogens is 2. The fraction of sp³-hybridized carbons (Fsp3) is 0.136. The topological polar surface area (TPSA) is 82.5 Å². The third-order valence-electron chi connectivity index (χ3n) is 4.71. The SMILES string of the molecule is O=C(CSc1nc2ccsc2c(=O)n1-c1cc(F)cc(F)c1)Nc1ccc2c(c1)OCCO2. The fourth-order valence-corrected chi connectivity index (χ4v) is 4.91. The number of ether oxygens (including phenoxy) is 2. The number of benzene rings is 2. The van der Waals surface area contributed by atoms with E-state index in [4.69, 9.17) is 9.47 Å². The van der Waals surface area contributed by atoms with E-state index in [9.17, 15) is 18.4 Å². The quantitative estimate of drug-likeness (QED) is 0.335. The maximum absolute atomic E-state index is 13.8. The van der Waals surface area contributed by atoms with E-state index in [1.165, 1.54) is 11.3 Å². The van der Waals surface area contributed by atoms with Crippen molar-refractivity contribution in [3.63, 3.8) is 0 Å². The van der Waals surface area contributed by atoms with E-state index in [1.807, 2.05) is 0 Å². The highest BCUT2D eigenvalue weighted by Gasteiger charge is 2.18. The van der Waals surface area contributed by atoms with Gasteiger partial charge in [0, 0.05) is 17.8 Å². The van der Waals surface area contributed by atoms with Gasteiger partial charge in [0.1, 0.15) is 29.5 Å². The molecule has 2 aromatic heterocycles. The number of rotatable bonds is 5. The van der Waals surface area contributed by atoms with Gasteiger partial charge in [0.25, 0.3) is 5.56 Å². The molecule has 0 radical (unpaired) electrons. The Kier molecular flexibility index (Phi) is 5.73. The second-order valence-corrected chi connectivity index (χ2v) is 8.85. The van der Waals surface area contributed by atoms with E-state index < -0.39 is 17.2 Å². The molecule has 1 aliphatic heterocycles. The van der Waals surface area contributed by atoms with Crippen LogP contribution >= 0.6 is 23.1 Å². The number of thioether (sulfide) groups is 1. The van der Waals surface area contributed by atoms with Crippen LogP contribution in [0.1, 0.15) is 0 Å². The van der Waals surface area contributed by atoms with Crippen LogP contribution in [0.2, 0.25) is 0 Å². The van der Waals surface area contributed by atoms with Crippen LogP contribution < -0.4 is 20.3 Å². The van der Waals surface area contributed by atoms with E-state index in [2.05, 4.69) is 10.3 Å². The summed E-state index contributed by atoms with van der Waals surface area (Å²) in [6.07, 6.45) is 0. The van der Waals surface area contributed by atoms with Crippen molar-refractivity contribution >= 4 is 44.9 Å². The lowest BCUT2D eigenvalue weighted by Gasteiger charge is -2.19. The van der Waals surface area contributed by atoms with Gasteiger partial charge >= 0.3 is 0 Å². The zero-order chi connectivity index (χ0) is 22.9. The summed E-state index contributed by atoms with van der Waals surface area (Å²) in [6.45, 7) is 0.892. The predicted molar refractivity (Wildman–Crippen MR) is 122 cm³/mol. The molecule has 0 bridgehead atoms. The molecule has 33 heavy (non-hydrogen) atoms. The second-order valence-electron chi connectivity index (χ2n) is 6.99. The highest BCUT2D eigenvalue weighted by Crippen LogP contribution is 2.32. The molecule has 5 rings (SSSR count). The molecular formula is C22H15F2N3O4S2. The van der Waals surface area contributed by atoms with E-state index in [0.29, 0.717) is 40.6 Å². The molecule has 0 saturated heterocycles. The molecule has 2 aromatic carbocycles. The van der Waals surface area contributed by atoms with Crippen molar-refractivity contribution in [2.24, 2.45) is 0 Å². The van der Waals surface area contributed by atoms with Crippen LogP contribution in [0.4, 0.5) is 14.5 Å². The van der Waals surface area contributed by atoms with Crippen LogP contribution in [0, 0.1) is 11.6 Å².